The van der Waals surface area contributed by atoms with E-state index in [1.54, 1.807) is 0 Å². The zero-order valence-electron chi connectivity index (χ0n) is 18.8. The molecule has 1 aliphatic carbocycles. The third-order valence-electron chi connectivity index (χ3n) is 7.29. The van der Waals surface area contributed by atoms with Gasteiger partial charge in [-0.2, -0.15) is 0 Å². The van der Waals surface area contributed by atoms with E-state index in [2.05, 4.69) is 20.9 Å². The van der Waals surface area contributed by atoms with Gasteiger partial charge in [-0.3, -0.25) is 19.0 Å². The zero-order chi connectivity index (χ0) is 23.9. The predicted octanol–water partition coefficient (Wildman–Crippen LogP) is 1.29. The number of rotatable bonds is 5. The number of benzene rings is 1. The molecule has 1 saturated heterocycles. The van der Waals surface area contributed by atoms with Crippen molar-refractivity contribution < 1.29 is 19.1 Å². The van der Waals surface area contributed by atoms with Crippen molar-refractivity contribution in [1.29, 1.82) is 0 Å². The molecule has 9 nitrogen and oxygen atoms in total. The van der Waals surface area contributed by atoms with Crippen LogP contribution in [0.3, 0.4) is 0 Å². The molecule has 4 N–H and O–H groups in total. The quantitative estimate of drug-likeness (QED) is 0.523. The number of hydrogen-bond acceptors (Lipinski definition) is 6. The summed E-state index contributed by atoms with van der Waals surface area (Å²) >= 11 is 0. The van der Waals surface area contributed by atoms with Crippen molar-refractivity contribution >= 4 is 11.8 Å². The summed E-state index contributed by atoms with van der Waals surface area (Å²) in [5.41, 5.74) is -1.25. The number of aromatic hydroxyl groups is 1. The maximum atomic E-state index is 13.1. The first kappa shape index (κ1) is 22.5. The Morgan fingerprint density at radius 1 is 1.21 bits per heavy atom. The average molecular weight is 470 g/mol. The van der Waals surface area contributed by atoms with E-state index in [9.17, 15) is 23.9 Å². The minimum absolute atomic E-state index is 0.0793. The monoisotopic (exact) mass is 469 g/mol. The molecular weight excluding hydrogens is 441 g/mol. The molecule has 3 aliphatic heterocycles. The molecule has 180 valence electrons. The number of hydrogen-bond donors (Lipinski definition) is 4. The molecule has 10 heteroatoms. The van der Waals surface area contributed by atoms with Crippen LogP contribution in [-0.4, -0.2) is 39.1 Å². The van der Waals surface area contributed by atoms with Crippen LogP contribution in [0.2, 0.25) is 0 Å². The molecule has 4 heterocycles. The Balaban J connectivity index is 1.47. The number of fused-ring (bicyclic) bond motifs is 2. The number of nitrogens with zero attached hydrogens (tertiary/aromatic N) is 2. The van der Waals surface area contributed by atoms with E-state index in [4.69, 9.17) is 0 Å². The summed E-state index contributed by atoms with van der Waals surface area (Å²) in [6.07, 6.45) is 4.53. The molecule has 4 aliphatic rings. The van der Waals surface area contributed by atoms with Gasteiger partial charge in [0.1, 0.15) is 11.6 Å². The van der Waals surface area contributed by atoms with Crippen molar-refractivity contribution in [3.8, 4) is 5.75 Å². The second-order valence-electron chi connectivity index (χ2n) is 9.52. The molecule has 2 amide bonds. The Labute approximate surface area is 195 Å². The van der Waals surface area contributed by atoms with E-state index in [1.165, 1.54) is 28.8 Å². The molecule has 34 heavy (non-hydrogen) atoms. The van der Waals surface area contributed by atoms with Gasteiger partial charge in [0.05, 0.1) is 11.6 Å². The summed E-state index contributed by atoms with van der Waals surface area (Å²) in [4.78, 5) is 43.6. The Hall–Kier alpha value is -3.27. The first-order chi connectivity index (χ1) is 16.4. The van der Waals surface area contributed by atoms with Gasteiger partial charge in [0.15, 0.2) is 5.69 Å². The molecule has 2 aromatic rings. The fourth-order valence-corrected chi connectivity index (χ4v) is 5.35. The highest BCUT2D eigenvalue weighted by Crippen LogP contribution is 2.43. The van der Waals surface area contributed by atoms with Crippen molar-refractivity contribution in [3.05, 3.63) is 57.5 Å². The minimum Gasteiger partial charge on any atom is -0.501 e. The van der Waals surface area contributed by atoms with E-state index in [1.807, 2.05) is 0 Å². The first-order valence-corrected chi connectivity index (χ1v) is 11.8. The first-order valence-electron chi connectivity index (χ1n) is 11.8. The number of halogens is 1. The number of carbonyl (C=O) groups is 2. The van der Waals surface area contributed by atoms with Gasteiger partial charge in [-0.15, -0.1) is 0 Å². The Morgan fingerprint density at radius 3 is 2.62 bits per heavy atom. The van der Waals surface area contributed by atoms with Crippen molar-refractivity contribution in [1.82, 2.24) is 25.5 Å². The lowest BCUT2D eigenvalue weighted by Crippen LogP contribution is -2.54. The van der Waals surface area contributed by atoms with E-state index in [0.29, 0.717) is 30.8 Å². The van der Waals surface area contributed by atoms with Crippen LogP contribution >= 0.6 is 0 Å². The van der Waals surface area contributed by atoms with E-state index >= 15 is 0 Å². The average Bonchev–Trinajstić information content (AvgIpc) is 3.29. The highest BCUT2D eigenvalue weighted by molar-refractivity contribution is 5.94. The number of nitrogens with one attached hydrogen (secondary N) is 3. The SMILES string of the molecule is O=C(NCc1ccc(F)cc1)c1nc2n(c(=O)c1O)CC1CCC2(NC(=O)C2CCCN2)CC1. The fourth-order valence-electron chi connectivity index (χ4n) is 5.35. The number of carbonyl (C=O) groups excluding carboxylic acids is 2. The van der Waals surface area contributed by atoms with Gasteiger partial charge in [-0.1, -0.05) is 12.1 Å². The minimum atomic E-state index is -0.868. The fraction of sp³-hybridized carbons (Fsp3) is 0.500. The van der Waals surface area contributed by atoms with Gasteiger partial charge in [0.2, 0.25) is 11.7 Å². The molecule has 1 atom stereocenters. The summed E-state index contributed by atoms with van der Waals surface area (Å²) < 4.78 is 14.6. The van der Waals surface area contributed by atoms with Crippen LogP contribution in [0.5, 0.6) is 5.75 Å². The highest BCUT2D eigenvalue weighted by atomic mass is 19.1. The molecular formula is C24H28FN5O4. The third kappa shape index (κ3) is 4.06. The maximum Gasteiger partial charge on any atom is 0.296 e. The summed E-state index contributed by atoms with van der Waals surface area (Å²) in [6.45, 7) is 1.26. The smallest absolute Gasteiger partial charge is 0.296 e. The normalized spacial score (nSPS) is 25.4. The van der Waals surface area contributed by atoms with E-state index in [0.717, 1.165) is 32.2 Å². The standard InChI is InChI=1S/C24H28FN5O4/c25-16-5-3-14(4-6-16)12-27-21(33)18-19(31)22(34)30-13-15-7-9-24(10-8-15,23(30)28-18)29-20(32)17-2-1-11-26-17/h3-6,15,17,26,31H,1-2,7-13H2,(H,27,33)(H,29,32). The molecule has 1 aromatic carbocycles. The summed E-state index contributed by atoms with van der Waals surface area (Å²) in [7, 11) is 0. The summed E-state index contributed by atoms with van der Waals surface area (Å²) in [6, 6.07) is 5.36. The Bertz CT molecular complexity index is 1170. The van der Waals surface area contributed by atoms with E-state index < -0.39 is 22.8 Å². The third-order valence-corrected chi connectivity index (χ3v) is 7.29. The topological polar surface area (TPSA) is 125 Å². The highest BCUT2D eigenvalue weighted by Gasteiger charge is 2.46. The van der Waals surface area contributed by atoms with Crippen LogP contribution in [0.15, 0.2) is 29.1 Å². The van der Waals surface area contributed by atoms with Crippen LogP contribution in [0.1, 0.15) is 60.4 Å². The molecule has 0 spiro atoms. The molecule has 0 radical (unpaired) electrons. The lowest BCUT2D eigenvalue weighted by Gasteiger charge is -2.37. The summed E-state index contributed by atoms with van der Waals surface area (Å²) in [5.74, 6) is -1.36. The predicted molar refractivity (Wildman–Crippen MR) is 121 cm³/mol. The van der Waals surface area contributed by atoms with Gasteiger partial charge in [-0.05, 0) is 68.7 Å². The van der Waals surface area contributed by atoms with Crippen LogP contribution in [0.4, 0.5) is 4.39 Å². The number of aromatic nitrogens is 2. The molecule has 1 aromatic heterocycles. The van der Waals surface area contributed by atoms with Gasteiger partial charge in [0, 0.05) is 13.1 Å². The van der Waals surface area contributed by atoms with Crippen LogP contribution in [0.25, 0.3) is 0 Å². The lowest BCUT2D eigenvalue weighted by molar-refractivity contribution is -0.125. The molecule has 2 fully saturated rings. The van der Waals surface area contributed by atoms with E-state index in [-0.39, 0.29) is 35.9 Å². The second-order valence-corrected chi connectivity index (χ2v) is 9.52. The molecule has 1 unspecified atom stereocenters. The van der Waals surface area contributed by atoms with Crippen molar-refractivity contribution in [2.24, 2.45) is 5.92 Å². The van der Waals surface area contributed by atoms with Crippen molar-refractivity contribution in [2.75, 3.05) is 6.54 Å². The van der Waals surface area contributed by atoms with Gasteiger partial charge < -0.3 is 21.1 Å². The van der Waals surface area contributed by atoms with Crippen molar-refractivity contribution in [2.45, 2.75) is 63.2 Å². The molecule has 1 saturated carbocycles. The largest absolute Gasteiger partial charge is 0.501 e. The maximum absolute atomic E-state index is 13.1. The zero-order valence-corrected chi connectivity index (χ0v) is 18.8. The van der Waals surface area contributed by atoms with Gasteiger partial charge in [-0.25, -0.2) is 9.37 Å². The van der Waals surface area contributed by atoms with Gasteiger partial charge >= 0.3 is 0 Å². The Morgan fingerprint density at radius 2 is 1.94 bits per heavy atom. The van der Waals surface area contributed by atoms with Crippen LogP contribution in [-0.2, 0) is 23.4 Å². The molecule has 2 bridgehead atoms. The number of amides is 2. The molecule has 6 rings (SSSR count). The Kier molecular flexibility index (Phi) is 5.85. The van der Waals surface area contributed by atoms with Crippen LogP contribution < -0.4 is 21.5 Å². The van der Waals surface area contributed by atoms with Crippen molar-refractivity contribution in [3.63, 3.8) is 0 Å². The second kappa shape index (κ2) is 8.83. The van der Waals surface area contributed by atoms with Gasteiger partial charge in [0.25, 0.3) is 11.5 Å². The van der Waals surface area contributed by atoms with Crippen LogP contribution in [0, 0.1) is 11.7 Å². The lowest BCUT2D eigenvalue weighted by atomic mass is 9.77. The summed E-state index contributed by atoms with van der Waals surface area (Å²) in [5, 5.41) is 19.6.